The van der Waals surface area contributed by atoms with Gasteiger partial charge in [-0.15, -0.1) is 0 Å². The molecule has 0 atom stereocenters. The van der Waals surface area contributed by atoms with Crippen molar-refractivity contribution in [2.24, 2.45) is 0 Å². The van der Waals surface area contributed by atoms with E-state index in [4.69, 9.17) is 19.8 Å². The van der Waals surface area contributed by atoms with Crippen molar-refractivity contribution in [2.75, 3.05) is 12.8 Å². The molecule has 2 N–H and O–H groups in total. The Balaban J connectivity index is 2.39. The van der Waals surface area contributed by atoms with Crippen molar-refractivity contribution in [3.8, 4) is 5.75 Å². The minimum Gasteiger partial charge on any atom is -0.495 e. The van der Waals surface area contributed by atoms with Gasteiger partial charge in [-0.1, -0.05) is 0 Å². The van der Waals surface area contributed by atoms with Crippen LogP contribution in [0, 0.1) is 5.82 Å². The van der Waals surface area contributed by atoms with Crippen molar-refractivity contribution in [1.29, 1.82) is 0 Å². The third-order valence-electron chi connectivity index (χ3n) is 3.86. The first-order chi connectivity index (χ1) is 8.68. The molecule has 1 aliphatic heterocycles. The maximum Gasteiger partial charge on any atom is 0.497 e. The molecule has 0 amide bonds. The highest BCUT2D eigenvalue weighted by molar-refractivity contribution is 6.62. The number of hydrogen-bond donors (Lipinski definition) is 1. The summed E-state index contributed by atoms with van der Waals surface area (Å²) in [4.78, 5) is 0. The van der Waals surface area contributed by atoms with Crippen molar-refractivity contribution >= 4 is 18.3 Å². The number of benzene rings is 1. The summed E-state index contributed by atoms with van der Waals surface area (Å²) in [6.07, 6.45) is 0. The first-order valence-corrected chi connectivity index (χ1v) is 6.16. The third-order valence-corrected chi connectivity index (χ3v) is 3.86. The second kappa shape index (κ2) is 4.39. The van der Waals surface area contributed by atoms with Crippen molar-refractivity contribution < 1.29 is 18.4 Å². The van der Waals surface area contributed by atoms with E-state index in [1.807, 2.05) is 27.7 Å². The van der Waals surface area contributed by atoms with Crippen molar-refractivity contribution in [3.05, 3.63) is 17.9 Å². The van der Waals surface area contributed by atoms with Gasteiger partial charge in [-0.2, -0.15) is 0 Å². The molecule has 0 saturated carbocycles. The molecule has 104 valence electrons. The Kier molecular flexibility index (Phi) is 3.27. The van der Waals surface area contributed by atoms with Gasteiger partial charge >= 0.3 is 7.12 Å². The lowest BCUT2D eigenvalue weighted by Crippen LogP contribution is -2.41. The fraction of sp³-hybridized carbons (Fsp3) is 0.538. The number of ether oxygens (including phenoxy) is 1. The molecular weight excluding hydrogens is 248 g/mol. The summed E-state index contributed by atoms with van der Waals surface area (Å²) in [6, 6.07) is 2.74. The quantitative estimate of drug-likeness (QED) is 0.654. The summed E-state index contributed by atoms with van der Waals surface area (Å²) in [6.45, 7) is 7.66. The van der Waals surface area contributed by atoms with Gasteiger partial charge in [0.2, 0.25) is 0 Å². The number of rotatable bonds is 2. The smallest absolute Gasteiger partial charge is 0.495 e. The Hall–Kier alpha value is -1.27. The van der Waals surface area contributed by atoms with Crippen LogP contribution in [0.25, 0.3) is 0 Å². The monoisotopic (exact) mass is 267 g/mol. The van der Waals surface area contributed by atoms with Gasteiger partial charge in [-0.25, -0.2) is 4.39 Å². The number of halogens is 1. The highest BCUT2D eigenvalue weighted by Gasteiger charge is 2.52. The Bertz CT molecular complexity index is 489. The van der Waals surface area contributed by atoms with Crippen LogP contribution in [-0.4, -0.2) is 25.4 Å². The Morgan fingerprint density at radius 3 is 2.16 bits per heavy atom. The molecule has 6 heteroatoms. The fourth-order valence-electron chi connectivity index (χ4n) is 1.91. The lowest BCUT2D eigenvalue weighted by Gasteiger charge is -2.32. The van der Waals surface area contributed by atoms with Gasteiger partial charge < -0.3 is 19.8 Å². The largest absolute Gasteiger partial charge is 0.497 e. The van der Waals surface area contributed by atoms with E-state index in [9.17, 15) is 4.39 Å². The molecule has 1 aromatic carbocycles. The summed E-state index contributed by atoms with van der Waals surface area (Å²) in [5.41, 5.74) is 5.18. The number of hydrogen-bond acceptors (Lipinski definition) is 4. The zero-order valence-corrected chi connectivity index (χ0v) is 11.9. The molecule has 0 aliphatic carbocycles. The van der Waals surface area contributed by atoms with E-state index in [0.29, 0.717) is 11.2 Å². The second-order valence-electron chi connectivity index (χ2n) is 5.70. The number of nitrogen functional groups attached to an aromatic ring is 1. The van der Waals surface area contributed by atoms with Crippen LogP contribution in [-0.2, 0) is 9.31 Å². The minimum absolute atomic E-state index is 0.250. The van der Waals surface area contributed by atoms with E-state index < -0.39 is 24.1 Å². The Labute approximate surface area is 113 Å². The van der Waals surface area contributed by atoms with Crippen LogP contribution >= 0.6 is 0 Å². The molecule has 1 saturated heterocycles. The maximum atomic E-state index is 14.0. The molecule has 19 heavy (non-hydrogen) atoms. The van der Waals surface area contributed by atoms with Gasteiger partial charge in [-0.3, -0.25) is 0 Å². The van der Waals surface area contributed by atoms with Gasteiger partial charge in [0, 0.05) is 11.5 Å². The van der Waals surface area contributed by atoms with Crippen LogP contribution < -0.4 is 15.9 Å². The topological polar surface area (TPSA) is 53.7 Å². The molecule has 1 fully saturated rings. The van der Waals surface area contributed by atoms with E-state index in [2.05, 4.69) is 0 Å². The molecule has 1 aromatic rings. The van der Waals surface area contributed by atoms with Gasteiger partial charge in [0.05, 0.1) is 24.0 Å². The molecule has 0 spiro atoms. The predicted molar refractivity (Wildman–Crippen MR) is 73.1 cm³/mol. The van der Waals surface area contributed by atoms with Gasteiger partial charge in [-0.05, 0) is 33.8 Å². The fourth-order valence-corrected chi connectivity index (χ4v) is 1.91. The second-order valence-corrected chi connectivity index (χ2v) is 5.70. The first-order valence-electron chi connectivity index (χ1n) is 6.16. The molecule has 0 bridgehead atoms. The maximum absolute atomic E-state index is 14.0. The number of nitrogens with two attached hydrogens (primary N) is 1. The van der Waals surface area contributed by atoms with E-state index in [-0.39, 0.29) is 5.69 Å². The van der Waals surface area contributed by atoms with Gasteiger partial charge in [0.15, 0.2) is 0 Å². The zero-order chi connectivity index (χ0) is 14.4. The molecule has 1 heterocycles. The van der Waals surface area contributed by atoms with Crippen molar-refractivity contribution in [1.82, 2.24) is 0 Å². The van der Waals surface area contributed by atoms with Crippen LogP contribution in [0.2, 0.25) is 0 Å². The average Bonchev–Trinajstić information content (AvgIpc) is 2.48. The highest BCUT2D eigenvalue weighted by Crippen LogP contribution is 2.37. The third kappa shape index (κ3) is 2.30. The van der Waals surface area contributed by atoms with Crippen LogP contribution in [0.4, 0.5) is 10.1 Å². The Morgan fingerprint density at radius 1 is 1.16 bits per heavy atom. The summed E-state index contributed by atoms with van der Waals surface area (Å²) in [7, 11) is 0.719. The summed E-state index contributed by atoms with van der Waals surface area (Å²) >= 11 is 0. The molecule has 2 rings (SSSR count). The molecule has 4 nitrogen and oxygen atoms in total. The SMILES string of the molecule is COc1cc(B2OC(C)(C)C(C)(C)O2)c(F)cc1N. The predicted octanol–water partition coefficient (Wildman–Crippen LogP) is 1.72. The summed E-state index contributed by atoms with van der Waals surface area (Å²) < 4.78 is 30.8. The molecule has 0 aromatic heterocycles. The normalized spacial score (nSPS) is 20.6. The molecule has 0 unspecified atom stereocenters. The first kappa shape index (κ1) is 14.2. The van der Waals surface area contributed by atoms with Crippen LogP contribution in [0.3, 0.4) is 0 Å². The number of anilines is 1. The summed E-state index contributed by atoms with van der Waals surface area (Å²) in [5.74, 6) is -0.0529. The zero-order valence-electron chi connectivity index (χ0n) is 11.9. The minimum atomic E-state index is -0.764. The van der Waals surface area contributed by atoms with Gasteiger partial charge in [0.25, 0.3) is 0 Å². The number of methoxy groups -OCH3 is 1. The summed E-state index contributed by atoms with van der Waals surface area (Å²) in [5, 5.41) is 0. The lowest BCUT2D eigenvalue weighted by atomic mass is 9.78. The average molecular weight is 267 g/mol. The van der Waals surface area contributed by atoms with Crippen LogP contribution in [0.15, 0.2) is 12.1 Å². The lowest BCUT2D eigenvalue weighted by molar-refractivity contribution is 0.00578. The Morgan fingerprint density at radius 2 is 1.68 bits per heavy atom. The molecule has 1 aliphatic rings. The van der Waals surface area contributed by atoms with Gasteiger partial charge in [0.1, 0.15) is 11.6 Å². The van der Waals surface area contributed by atoms with Crippen LogP contribution in [0.5, 0.6) is 5.75 Å². The van der Waals surface area contributed by atoms with Crippen molar-refractivity contribution in [2.45, 2.75) is 38.9 Å². The standard InChI is InChI=1S/C13H19BFNO3/c1-12(2)13(3,4)19-14(18-12)8-6-11(17-5)10(16)7-9(8)15/h6-7H,16H2,1-5H3. The highest BCUT2D eigenvalue weighted by atomic mass is 19.1. The van der Waals surface area contributed by atoms with E-state index >= 15 is 0 Å². The van der Waals surface area contributed by atoms with E-state index in [1.54, 1.807) is 0 Å². The van der Waals surface area contributed by atoms with E-state index in [0.717, 1.165) is 0 Å². The molecular formula is C13H19BFNO3. The molecule has 0 radical (unpaired) electrons. The van der Waals surface area contributed by atoms with Crippen LogP contribution in [0.1, 0.15) is 27.7 Å². The van der Waals surface area contributed by atoms with E-state index in [1.165, 1.54) is 19.2 Å². The van der Waals surface area contributed by atoms with Crippen molar-refractivity contribution in [3.63, 3.8) is 0 Å².